The molecule has 0 saturated heterocycles. The largest absolute Gasteiger partial charge is 0.452 e. The van der Waals surface area contributed by atoms with Gasteiger partial charge in [-0.3, -0.25) is 4.79 Å². The van der Waals surface area contributed by atoms with Crippen LogP contribution in [0.1, 0.15) is 52.7 Å². The van der Waals surface area contributed by atoms with Crippen molar-refractivity contribution in [1.82, 2.24) is 9.21 Å². The number of nitrogens with two attached hydrogens (primary N) is 2. The Kier molecular flexibility index (Phi) is 11.7. The Morgan fingerprint density at radius 3 is 1.88 bits per heavy atom. The molecule has 0 radical (unpaired) electrons. The topological polar surface area (TPSA) is 156 Å². The van der Waals surface area contributed by atoms with E-state index in [4.69, 9.17) is 16.2 Å². The lowest BCUT2D eigenvalue weighted by atomic mass is 9.84. The second kappa shape index (κ2) is 15.2. The molecule has 258 valence electrons. The van der Waals surface area contributed by atoms with Crippen LogP contribution < -0.4 is 11.5 Å². The van der Waals surface area contributed by atoms with Gasteiger partial charge in [-0.25, -0.2) is 18.1 Å². The van der Waals surface area contributed by atoms with E-state index in [0.717, 1.165) is 28.8 Å². The average Bonchev–Trinajstić information content (AvgIpc) is 3.71. The van der Waals surface area contributed by atoms with Crippen LogP contribution in [0.25, 0.3) is 0 Å². The molecule has 0 aliphatic rings. The number of ether oxygens (including phenoxy) is 1. The van der Waals surface area contributed by atoms with Crippen molar-refractivity contribution in [3.05, 3.63) is 106 Å². The monoisotopic (exact) mass is 724 g/mol. The van der Waals surface area contributed by atoms with Crippen LogP contribution >= 0.6 is 22.7 Å². The summed E-state index contributed by atoms with van der Waals surface area (Å²) in [6.45, 7) is 2.33. The summed E-state index contributed by atoms with van der Waals surface area (Å²) in [5, 5.41) is 10.6. The number of anilines is 1. The number of aliphatic hydroxyl groups is 1. The SMILES string of the molecule is COC(=O)N(C(=O)[C@@H](N)C(c1ccccc1)c1ccccc1)[C@H](c1ccc([C@@H](CO)N(C(C)C)S(=O)(=O)c2ccc(N)s2)s1)C(F)(F)F. The normalized spacial score (nSPS) is 14.2. The molecule has 3 atom stereocenters. The fourth-order valence-electron chi connectivity index (χ4n) is 5.46. The van der Waals surface area contributed by atoms with Crippen molar-refractivity contribution in [2.75, 3.05) is 19.5 Å². The number of alkyl halides is 3. The molecule has 2 aromatic heterocycles. The third kappa shape index (κ3) is 7.74. The zero-order chi connectivity index (χ0) is 35.4. The van der Waals surface area contributed by atoms with E-state index in [0.29, 0.717) is 22.5 Å². The van der Waals surface area contributed by atoms with Crippen LogP contribution in [-0.2, 0) is 19.6 Å². The average molecular weight is 725 g/mol. The summed E-state index contributed by atoms with van der Waals surface area (Å²) in [7, 11) is -3.41. The Morgan fingerprint density at radius 1 is 0.896 bits per heavy atom. The maximum absolute atomic E-state index is 15.0. The van der Waals surface area contributed by atoms with Crippen molar-refractivity contribution in [3.63, 3.8) is 0 Å². The molecule has 2 aromatic carbocycles. The smallest absolute Gasteiger partial charge is 0.417 e. The summed E-state index contributed by atoms with van der Waals surface area (Å²) in [6, 6.07) is 15.3. The van der Waals surface area contributed by atoms with Gasteiger partial charge in [-0.2, -0.15) is 17.5 Å². The number of hydrogen-bond acceptors (Lipinski definition) is 10. The molecule has 16 heteroatoms. The first-order valence-electron chi connectivity index (χ1n) is 14.6. The molecule has 0 spiro atoms. The number of benzene rings is 2. The van der Waals surface area contributed by atoms with Gasteiger partial charge in [-0.05, 0) is 49.2 Å². The Hall–Kier alpha value is -3.80. The second-order valence-electron chi connectivity index (χ2n) is 11.0. The molecule has 0 aliphatic carbocycles. The van der Waals surface area contributed by atoms with Crippen molar-refractivity contribution in [1.29, 1.82) is 0 Å². The summed E-state index contributed by atoms with van der Waals surface area (Å²) in [5.41, 5.74) is 13.3. The van der Waals surface area contributed by atoms with Gasteiger partial charge in [0.15, 0.2) is 6.04 Å². The zero-order valence-corrected chi connectivity index (χ0v) is 28.5. The predicted molar refractivity (Wildman–Crippen MR) is 178 cm³/mol. The highest BCUT2D eigenvalue weighted by Crippen LogP contribution is 2.44. The molecule has 2 heterocycles. The first-order valence-corrected chi connectivity index (χ1v) is 17.6. The number of methoxy groups -OCH3 is 1. The number of aliphatic hydroxyl groups excluding tert-OH is 1. The van der Waals surface area contributed by atoms with Gasteiger partial charge in [-0.15, -0.1) is 22.7 Å². The van der Waals surface area contributed by atoms with Gasteiger partial charge in [0.25, 0.3) is 15.9 Å². The highest BCUT2D eigenvalue weighted by Gasteiger charge is 2.52. The van der Waals surface area contributed by atoms with Gasteiger partial charge in [0.1, 0.15) is 4.21 Å². The van der Waals surface area contributed by atoms with E-state index in [-0.39, 0.29) is 19.0 Å². The maximum Gasteiger partial charge on any atom is 0.417 e. The molecule has 5 N–H and O–H groups in total. The second-order valence-corrected chi connectivity index (χ2v) is 15.3. The highest BCUT2D eigenvalue weighted by atomic mass is 32.2. The summed E-state index contributed by atoms with van der Waals surface area (Å²) in [4.78, 5) is 26.6. The lowest BCUT2D eigenvalue weighted by molar-refractivity contribution is -0.186. The number of hydrogen-bond donors (Lipinski definition) is 3. The van der Waals surface area contributed by atoms with Gasteiger partial charge in [0, 0.05) is 21.7 Å². The zero-order valence-electron chi connectivity index (χ0n) is 26.1. The van der Waals surface area contributed by atoms with Crippen molar-refractivity contribution in [2.45, 2.75) is 54.3 Å². The van der Waals surface area contributed by atoms with Gasteiger partial charge in [-0.1, -0.05) is 60.7 Å². The van der Waals surface area contributed by atoms with Crippen molar-refractivity contribution >= 4 is 49.7 Å². The van der Waals surface area contributed by atoms with E-state index in [1.807, 2.05) is 0 Å². The minimum atomic E-state index is -5.21. The number of carbonyl (C=O) groups excluding carboxylic acids is 2. The first-order chi connectivity index (χ1) is 22.6. The standard InChI is InChI=1S/C32H35F3N4O6S3/c1-19(2)39(48(43,44)26-17-16-25(36)47-26)22(18-40)23-14-15-24(46-23)29(32(33,34)35)38(31(42)45-3)30(41)28(37)27(20-10-6-4-7-11-20)21-12-8-5-9-13-21/h4-17,19,22,27-29,40H,18,36-37H2,1-3H3/t22-,28+,29-/m1/s1. The number of carbonyl (C=O) groups is 2. The third-order valence-corrected chi connectivity index (χ3v) is 12.2. The van der Waals surface area contributed by atoms with E-state index < -0.39 is 69.8 Å². The number of amides is 2. The lowest BCUT2D eigenvalue weighted by Crippen LogP contribution is -2.53. The number of sulfonamides is 1. The van der Waals surface area contributed by atoms with E-state index in [1.54, 1.807) is 74.5 Å². The Morgan fingerprint density at radius 2 is 1.44 bits per heavy atom. The van der Waals surface area contributed by atoms with Crippen LogP contribution in [0.3, 0.4) is 0 Å². The fraction of sp³-hybridized carbons (Fsp3) is 0.312. The van der Waals surface area contributed by atoms with Crippen LogP contribution in [0.5, 0.6) is 0 Å². The molecule has 10 nitrogen and oxygen atoms in total. The number of rotatable bonds is 12. The van der Waals surface area contributed by atoms with Crippen molar-refractivity contribution in [3.8, 4) is 0 Å². The molecule has 48 heavy (non-hydrogen) atoms. The molecule has 2 amide bonds. The molecule has 0 unspecified atom stereocenters. The first kappa shape index (κ1) is 37.0. The molecular formula is C32H35F3N4O6S3. The number of imide groups is 1. The number of thiophene rings is 2. The van der Waals surface area contributed by atoms with Gasteiger partial charge >= 0.3 is 12.3 Å². The minimum absolute atomic E-state index is 0.0385. The molecular weight excluding hydrogens is 690 g/mol. The highest BCUT2D eigenvalue weighted by molar-refractivity contribution is 7.91. The van der Waals surface area contributed by atoms with Crippen molar-refractivity contribution in [2.24, 2.45) is 5.73 Å². The summed E-state index contributed by atoms with van der Waals surface area (Å²) in [6.07, 6.45) is -6.80. The van der Waals surface area contributed by atoms with Crippen LogP contribution in [0, 0.1) is 0 Å². The Bertz CT molecular complexity index is 1760. The Balaban J connectivity index is 1.79. The molecule has 0 fully saturated rings. The van der Waals surface area contributed by atoms with E-state index >= 15 is 13.2 Å². The molecule has 4 aromatic rings. The number of nitrogens with zero attached hydrogens (tertiary/aromatic N) is 2. The van der Waals surface area contributed by atoms with Crippen LogP contribution in [0.2, 0.25) is 0 Å². The summed E-state index contributed by atoms with van der Waals surface area (Å²) in [5.74, 6) is -2.29. The van der Waals surface area contributed by atoms with Crippen LogP contribution in [0.4, 0.5) is 23.0 Å². The lowest BCUT2D eigenvalue weighted by Gasteiger charge is -2.34. The van der Waals surface area contributed by atoms with Crippen molar-refractivity contribution < 1.29 is 41.0 Å². The van der Waals surface area contributed by atoms with E-state index in [1.165, 1.54) is 18.2 Å². The summed E-state index contributed by atoms with van der Waals surface area (Å²) < 4.78 is 77.9. The minimum Gasteiger partial charge on any atom is -0.452 e. The van der Waals surface area contributed by atoms with E-state index in [2.05, 4.69) is 0 Å². The fourth-order valence-corrected chi connectivity index (χ4v) is 9.74. The number of halogens is 3. The molecule has 0 bridgehead atoms. The Labute approximate surface area is 284 Å². The van der Waals surface area contributed by atoms with Gasteiger partial charge in [0.05, 0.1) is 30.8 Å². The third-order valence-electron chi connectivity index (χ3n) is 7.51. The van der Waals surface area contributed by atoms with Gasteiger partial charge < -0.3 is 21.3 Å². The van der Waals surface area contributed by atoms with Crippen LogP contribution in [-0.4, -0.2) is 66.7 Å². The number of nitrogen functional groups attached to an aromatic ring is 1. The predicted octanol–water partition coefficient (Wildman–Crippen LogP) is 5.88. The molecule has 4 rings (SSSR count). The van der Waals surface area contributed by atoms with Crippen LogP contribution in [0.15, 0.2) is 89.1 Å². The summed E-state index contributed by atoms with van der Waals surface area (Å²) >= 11 is 1.30. The quantitative estimate of drug-likeness (QED) is 0.164. The molecule has 0 aliphatic heterocycles. The van der Waals surface area contributed by atoms with E-state index in [9.17, 15) is 23.1 Å². The maximum atomic E-state index is 15.0. The molecule has 0 saturated carbocycles. The van der Waals surface area contributed by atoms with Gasteiger partial charge in [0.2, 0.25) is 0 Å².